The molecule has 0 radical (unpaired) electrons. The molecule has 1 amide bonds. The third-order valence-electron chi connectivity index (χ3n) is 4.45. The average molecular weight is 419 g/mol. The molecule has 0 atom stereocenters. The fourth-order valence-electron chi connectivity index (χ4n) is 2.90. The van der Waals surface area contributed by atoms with E-state index in [1.165, 1.54) is 6.26 Å². The SMILES string of the molecule is CC(C)C(=O)Nc1ccc(-c2nc(CS(C)(=O)=O)cc(N3CCOCC3)n2)cc1. The molecule has 29 heavy (non-hydrogen) atoms. The molecule has 1 saturated heterocycles. The number of carbonyl (C=O) groups excluding carboxylic acids is 1. The monoisotopic (exact) mass is 418 g/mol. The van der Waals surface area contributed by atoms with E-state index in [0.717, 1.165) is 5.56 Å². The summed E-state index contributed by atoms with van der Waals surface area (Å²) in [5, 5.41) is 2.84. The van der Waals surface area contributed by atoms with Gasteiger partial charge in [0.05, 0.1) is 24.7 Å². The summed E-state index contributed by atoms with van der Waals surface area (Å²) in [6, 6.07) is 8.94. The predicted molar refractivity (Wildman–Crippen MR) is 113 cm³/mol. The Balaban J connectivity index is 1.92. The Morgan fingerprint density at radius 3 is 2.41 bits per heavy atom. The summed E-state index contributed by atoms with van der Waals surface area (Å²) in [6.45, 7) is 6.25. The smallest absolute Gasteiger partial charge is 0.226 e. The quantitative estimate of drug-likeness (QED) is 0.767. The molecule has 9 heteroatoms. The van der Waals surface area contributed by atoms with E-state index in [1.54, 1.807) is 18.2 Å². The molecule has 2 aromatic rings. The van der Waals surface area contributed by atoms with Gasteiger partial charge in [0.1, 0.15) is 5.82 Å². The van der Waals surface area contributed by atoms with Crippen LogP contribution in [0.1, 0.15) is 19.5 Å². The molecule has 1 aliphatic rings. The van der Waals surface area contributed by atoms with Crippen LogP contribution in [0.5, 0.6) is 0 Å². The zero-order chi connectivity index (χ0) is 21.0. The van der Waals surface area contributed by atoms with Crippen LogP contribution < -0.4 is 10.2 Å². The van der Waals surface area contributed by atoms with Crippen molar-refractivity contribution in [2.45, 2.75) is 19.6 Å². The van der Waals surface area contributed by atoms with E-state index < -0.39 is 9.84 Å². The number of carbonyl (C=O) groups is 1. The number of morpholine rings is 1. The van der Waals surface area contributed by atoms with Crippen molar-refractivity contribution in [2.75, 3.05) is 42.8 Å². The van der Waals surface area contributed by atoms with Crippen LogP contribution in [0, 0.1) is 5.92 Å². The second-order valence-electron chi connectivity index (χ2n) is 7.43. The molecule has 0 unspecified atom stereocenters. The minimum Gasteiger partial charge on any atom is -0.378 e. The van der Waals surface area contributed by atoms with Gasteiger partial charge >= 0.3 is 0 Å². The number of sulfone groups is 1. The molecule has 1 aromatic heterocycles. The largest absolute Gasteiger partial charge is 0.378 e. The highest BCUT2D eigenvalue weighted by molar-refractivity contribution is 7.89. The lowest BCUT2D eigenvalue weighted by Gasteiger charge is -2.28. The fraction of sp³-hybridized carbons (Fsp3) is 0.450. The minimum absolute atomic E-state index is 0.0567. The summed E-state index contributed by atoms with van der Waals surface area (Å²) in [7, 11) is -3.23. The molecular formula is C20H26N4O4S. The van der Waals surface area contributed by atoms with Gasteiger partial charge in [-0.25, -0.2) is 18.4 Å². The number of hydrogen-bond donors (Lipinski definition) is 1. The maximum absolute atomic E-state index is 11.9. The molecule has 3 rings (SSSR count). The first-order valence-electron chi connectivity index (χ1n) is 9.51. The third kappa shape index (κ3) is 5.98. The summed E-state index contributed by atoms with van der Waals surface area (Å²) < 4.78 is 29.0. The van der Waals surface area contributed by atoms with Crippen LogP contribution in [-0.4, -0.2) is 56.9 Å². The Kier molecular flexibility index (Phi) is 6.49. The number of nitrogens with one attached hydrogen (secondary N) is 1. The van der Waals surface area contributed by atoms with E-state index in [4.69, 9.17) is 4.74 Å². The standard InChI is InChI=1S/C20H26N4O4S/c1-14(2)20(25)22-16-6-4-15(5-7-16)19-21-17(13-29(3,26)27)12-18(23-19)24-8-10-28-11-9-24/h4-7,12,14H,8-11,13H2,1-3H3,(H,22,25). The molecule has 8 nitrogen and oxygen atoms in total. The van der Waals surface area contributed by atoms with Gasteiger partial charge in [0.25, 0.3) is 0 Å². The molecule has 0 saturated carbocycles. The van der Waals surface area contributed by atoms with E-state index in [0.29, 0.717) is 49.3 Å². The van der Waals surface area contributed by atoms with Gasteiger partial charge in [0, 0.05) is 42.6 Å². The summed E-state index contributed by atoms with van der Waals surface area (Å²) in [5.41, 5.74) is 1.89. The Morgan fingerprint density at radius 2 is 1.83 bits per heavy atom. The fourth-order valence-corrected chi connectivity index (χ4v) is 3.58. The van der Waals surface area contributed by atoms with Crippen molar-refractivity contribution in [1.29, 1.82) is 0 Å². The van der Waals surface area contributed by atoms with Gasteiger partial charge in [0.2, 0.25) is 5.91 Å². The van der Waals surface area contributed by atoms with Crippen LogP contribution in [0.15, 0.2) is 30.3 Å². The summed E-state index contributed by atoms with van der Waals surface area (Å²) in [5.74, 6) is 0.826. The average Bonchev–Trinajstić information content (AvgIpc) is 2.67. The second kappa shape index (κ2) is 8.87. The van der Waals surface area contributed by atoms with Crippen molar-refractivity contribution in [3.8, 4) is 11.4 Å². The lowest BCUT2D eigenvalue weighted by molar-refractivity contribution is -0.118. The number of rotatable bonds is 6. The number of amides is 1. The Morgan fingerprint density at radius 1 is 1.17 bits per heavy atom. The highest BCUT2D eigenvalue weighted by atomic mass is 32.2. The zero-order valence-corrected chi connectivity index (χ0v) is 17.7. The molecule has 0 spiro atoms. The molecule has 156 valence electrons. The van der Waals surface area contributed by atoms with Crippen LogP contribution >= 0.6 is 0 Å². The lowest BCUT2D eigenvalue weighted by Crippen LogP contribution is -2.37. The number of aromatic nitrogens is 2. The van der Waals surface area contributed by atoms with Gasteiger partial charge in [-0.1, -0.05) is 13.8 Å². The van der Waals surface area contributed by atoms with Crippen molar-refractivity contribution in [1.82, 2.24) is 9.97 Å². The van der Waals surface area contributed by atoms with E-state index in [-0.39, 0.29) is 17.6 Å². The molecule has 1 N–H and O–H groups in total. The number of benzene rings is 1. The number of ether oxygens (including phenoxy) is 1. The van der Waals surface area contributed by atoms with Gasteiger partial charge in [-0.15, -0.1) is 0 Å². The number of nitrogens with zero attached hydrogens (tertiary/aromatic N) is 3. The third-order valence-corrected chi connectivity index (χ3v) is 5.27. The lowest BCUT2D eigenvalue weighted by atomic mass is 10.1. The molecule has 2 heterocycles. The summed E-state index contributed by atoms with van der Waals surface area (Å²) in [4.78, 5) is 23.0. The Hall–Kier alpha value is -2.52. The van der Waals surface area contributed by atoms with E-state index in [1.807, 2.05) is 26.0 Å². The minimum atomic E-state index is -3.23. The number of anilines is 2. The van der Waals surface area contributed by atoms with E-state index >= 15 is 0 Å². The van der Waals surface area contributed by atoms with Crippen LogP contribution in [0.3, 0.4) is 0 Å². The van der Waals surface area contributed by atoms with Crippen LogP contribution in [0.4, 0.5) is 11.5 Å². The van der Waals surface area contributed by atoms with E-state index in [9.17, 15) is 13.2 Å². The maximum atomic E-state index is 11.9. The molecule has 0 bridgehead atoms. The van der Waals surface area contributed by atoms with Crippen LogP contribution in [-0.2, 0) is 25.1 Å². The van der Waals surface area contributed by atoms with Crippen molar-refractivity contribution in [2.24, 2.45) is 5.92 Å². The predicted octanol–water partition coefficient (Wildman–Crippen LogP) is 2.12. The van der Waals surface area contributed by atoms with E-state index in [2.05, 4.69) is 20.2 Å². The van der Waals surface area contributed by atoms with Gasteiger partial charge in [-0.2, -0.15) is 0 Å². The van der Waals surface area contributed by atoms with Gasteiger partial charge in [-0.3, -0.25) is 4.79 Å². The van der Waals surface area contributed by atoms with Gasteiger partial charge in [-0.05, 0) is 24.3 Å². The summed E-state index contributed by atoms with van der Waals surface area (Å²) in [6.07, 6.45) is 1.19. The second-order valence-corrected chi connectivity index (χ2v) is 9.57. The molecular weight excluding hydrogens is 392 g/mol. The molecule has 1 aromatic carbocycles. The molecule has 1 fully saturated rings. The van der Waals surface area contributed by atoms with Gasteiger partial charge in [0.15, 0.2) is 15.7 Å². The number of hydrogen-bond acceptors (Lipinski definition) is 7. The zero-order valence-electron chi connectivity index (χ0n) is 16.9. The molecule has 0 aliphatic carbocycles. The van der Waals surface area contributed by atoms with Gasteiger partial charge < -0.3 is 15.0 Å². The van der Waals surface area contributed by atoms with Crippen molar-refractivity contribution in [3.63, 3.8) is 0 Å². The maximum Gasteiger partial charge on any atom is 0.226 e. The highest BCUT2D eigenvalue weighted by Gasteiger charge is 2.17. The van der Waals surface area contributed by atoms with Crippen LogP contribution in [0.2, 0.25) is 0 Å². The highest BCUT2D eigenvalue weighted by Crippen LogP contribution is 2.23. The summed E-state index contributed by atoms with van der Waals surface area (Å²) >= 11 is 0. The first-order valence-corrected chi connectivity index (χ1v) is 11.6. The normalized spacial score (nSPS) is 14.8. The van der Waals surface area contributed by atoms with Crippen molar-refractivity contribution in [3.05, 3.63) is 36.0 Å². The first kappa shape index (κ1) is 21.2. The topological polar surface area (TPSA) is 101 Å². The van der Waals surface area contributed by atoms with Crippen molar-refractivity contribution < 1.29 is 17.9 Å². The first-order chi connectivity index (χ1) is 13.7. The van der Waals surface area contributed by atoms with Crippen molar-refractivity contribution >= 4 is 27.2 Å². The Labute approximate surface area is 171 Å². The Bertz CT molecular complexity index is 968. The van der Waals surface area contributed by atoms with Crippen LogP contribution in [0.25, 0.3) is 11.4 Å². The molecule has 1 aliphatic heterocycles.